The molecule has 4 nitrogen and oxygen atoms in total. The molecule has 3 rings (SSSR count). The fourth-order valence-corrected chi connectivity index (χ4v) is 2.93. The van der Waals surface area contributed by atoms with Crippen LogP contribution in [0.15, 0.2) is 30.6 Å². The number of benzene rings is 1. The van der Waals surface area contributed by atoms with E-state index in [1.54, 1.807) is 0 Å². The second-order valence-electron chi connectivity index (χ2n) is 5.58. The number of hydrogen-bond acceptors (Lipinski definition) is 3. The van der Waals surface area contributed by atoms with E-state index in [1.165, 1.54) is 44.4 Å². The molecule has 20 heavy (non-hydrogen) atoms. The predicted octanol–water partition coefficient (Wildman–Crippen LogP) is 2.11. The van der Waals surface area contributed by atoms with Crippen molar-refractivity contribution in [3.63, 3.8) is 0 Å². The molecule has 2 heterocycles. The molecule has 1 aromatic heterocycles. The Morgan fingerprint density at radius 2 is 1.80 bits per heavy atom. The highest BCUT2D eigenvalue weighted by molar-refractivity contribution is 5.74. The van der Waals surface area contributed by atoms with Crippen LogP contribution in [0.4, 0.5) is 0 Å². The molecule has 0 atom stereocenters. The zero-order valence-electron chi connectivity index (χ0n) is 12.1. The Hall–Kier alpha value is -1.39. The predicted molar refractivity (Wildman–Crippen MR) is 82.9 cm³/mol. The van der Waals surface area contributed by atoms with Crippen LogP contribution >= 0.6 is 0 Å². The lowest BCUT2D eigenvalue weighted by Gasteiger charge is -2.26. The number of rotatable bonds is 6. The Balaban J connectivity index is 1.39. The van der Waals surface area contributed by atoms with Gasteiger partial charge in [-0.1, -0.05) is 18.6 Å². The average Bonchev–Trinajstić information content (AvgIpc) is 2.91. The van der Waals surface area contributed by atoms with E-state index in [4.69, 9.17) is 0 Å². The summed E-state index contributed by atoms with van der Waals surface area (Å²) in [7, 11) is 0. The van der Waals surface area contributed by atoms with Crippen LogP contribution in [-0.4, -0.2) is 47.2 Å². The Bertz CT molecular complexity index is 528. The lowest BCUT2D eigenvalue weighted by Crippen LogP contribution is -2.36. The van der Waals surface area contributed by atoms with Crippen LogP contribution in [0.1, 0.15) is 19.3 Å². The third-order valence-electron chi connectivity index (χ3n) is 4.11. The molecule has 1 fully saturated rings. The molecule has 0 unspecified atom stereocenters. The topological polar surface area (TPSA) is 33.1 Å². The molecule has 1 aliphatic rings. The van der Waals surface area contributed by atoms with Crippen LogP contribution in [-0.2, 0) is 6.54 Å². The number of fused-ring (bicyclic) bond motifs is 1. The number of nitrogens with one attached hydrogen (secondary N) is 1. The van der Waals surface area contributed by atoms with E-state index in [9.17, 15) is 0 Å². The largest absolute Gasteiger partial charge is 0.329 e. The van der Waals surface area contributed by atoms with Gasteiger partial charge in [0.1, 0.15) is 0 Å². The lowest BCUT2D eigenvalue weighted by molar-refractivity contribution is 0.229. The van der Waals surface area contributed by atoms with Gasteiger partial charge >= 0.3 is 0 Å². The number of nitrogens with zero attached hydrogens (tertiary/aromatic N) is 3. The van der Waals surface area contributed by atoms with Crippen LogP contribution in [0.25, 0.3) is 11.0 Å². The zero-order valence-corrected chi connectivity index (χ0v) is 12.1. The Labute approximate surface area is 120 Å². The molecule has 0 saturated carbocycles. The third kappa shape index (κ3) is 3.38. The molecule has 2 aromatic rings. The van der Waals surface area contributed by atoms with E-state index in [2.05, 4.69) is 38.0 Å². The molecule has 0 radical (unpaired) electrons. The minimum atomic E-state index is 0.987. The van der Waals surface area contributed by atoms with Crippen LogP contribution in [0.3, 0.4) is 0 Å². The fraction of sp³-hybridized carbons (Fsp3) is 0.562. The van der Waals surface area contributed by atoms with Crippen molar-refractivity contribution in [3.8, 4) is 0 Å². The summed E-state index contributed by atoms with van der Waals surface area (Å²) in [5, 5.41) is 3.55. The molecule has 1 N–H and O–H groups in total. The number of imidazole rings is 1. The lowest BCUT2D eigenvalue weighted by atomic mass is 10.1. The average molecular weight is 272 g/mol. The minimum Gasteiger partial charge on any atom is -0.329 e. The summed E-state index contributed by atoms with van der Waals surface area (Å²) in [5.74, 6) is 0. The molecule has 0 spiro atoms. The van der Waals surface area contributed by atoms with Crippen molar-refractivity contribution < 1.29 is 0 Å². The van der Waals surface area contributed by atoms with Gasteiger partial charge in [-0.25, -0.2) is 4.98 Å². The first-order valence-corrected chi connectivity index (χ1v) is 7.76. The van der Waals surface area contributed by atoms with Gasteiger partial charge in [0.2, 0.25) is 0 Å². The van der Waals surface area contributed by atoms with Crippen molar-refractivity contribution >= 4 is 11.0 Å². The summed E-state index contributed by atoms with van der Waals surface area (Å²) < 4.78 is 2.23. The molecule has 4 heteroatoms. The molecule has 1 saturated heterocycles. The Morgan fingerprint density at radius 3 is 2.70 bits per heavy atom. The summed E-state index contributed by atoms with van der Waals surface area (Å²) in [5.41, 5.74) is 2.31. The van der Waals surface area contributed by atoms with Crippen molar-refractivity contribution in [2.45, 2.75) is 25.8 Å². The highest BCUT2D eigenvalue weighted by Crippen LogP contribution is 2.11. The first-order valence-electron chi connectivity index (χ1n) is 7.76. The number of hydrogen-bond donors (Lipinski definition) is 1. The smallest absolute Gasteiger partial charge is 0.0958 e. The summed E-state index contributed by atoms with van der Waals surface area (Å²) in [6.07, 6.45) is 6.11. The van der Waals surface area contributed by atoms with E-state index in [-0.39, 0.29) is 0 Å². The SMILES string of the molecule is c1ccc2c(c1)ncn2CCNCCN1CCCCC1. The van der Waals surface area contributed by atoms with Gasteiger partial charge in [0.05, 0.1) is 17.4 Å². The van der Waals surface area contributed by atoms with Gasteiger partial charge in [-0.15, -0.1) is 0 Å². The normalized spacial score (nSPS) is 16.8. The van der Waals surface area contributed by atoms with E-state index < -0.39 is 0 Å². The Morgan fingerprint density at radius 1 is 1.00 bits per heavy atom. The summed E-state index contributed by atoms with van der Waals surface area (Å²) >= 11 is 0. The zero-order chi connectivity index (χ0) is 13.6. The first kappa shape index (κ1) is 13.6. The quantitative estimate of drug-likeness (QED) is 0.818. The van der Waals surface area contributed by atoms with E-state index in [0.29, 0.717) is 0 Å². The minimum absolute atomic E-state index is 0.987. The van der Waals surface area contributed by atoms with Crippen molar-refractivity contribution in [1.82, 2.24) is 19.8 Å². The molecule has 0 aliphatic carbocycles. The first-order chi connectivity index (χ1) is 9.93. The summed E-state index contributed by atoms with van der Waals surface area (Å²) in [4.78, 5) is 6.99. The maximum atomic E-state index is 4.42. The number of piperidine rings is 1. The molecule has 1 aliphatic heterocycles. The third-order valence-corrected chi connectivity index (χ3v) is 4.11. The fourth-order valence-electron chi connectivity index (χ4n) is 2.93. The number of aromatic nitrogens is 2. The molecule has 0 bridgehead atoms. The van der Waals surface area contributed by atoms with Gasteiger partial charge in [0, 0.05) is 26.2 Å². The maximum Gasteiger partial charge on any atom is 0.0958 e. The standard InChI is InChI=1S/C16H24N4/c1-4-10-19(11-5-1)12-8-17-9-13-20-14-18-15-6-2-3-7-16(15)20/h2-3,6-7,14,17H,1,4-5,8-13H2. The molecular formula is C16H24N4. The van der Waals surface area contributed by atoms with Gasteiger partial charge in [0.25, 0.3) is 0 Å². The number of para-hydroxylation sites is 2. The van der Waals surface area contributed by atoms with Gasteiger partial charge in [0.15, 0.2) is 0 Å². The van der Waals surface area contributed by atoms with Crippen molar-refractivity contribution in [3.05, 3.63) is 30.6 Å². The summed E-state index contributed by atoms with van der Waals surface area (Å²) in [6.45, 7) is 6.84. The van der Waals surface area contributed by atoms with Crippen LogP contribution in [0, 0.1) is 0 Å². The van der Waals surface area contributed by atoms with Gasteiger partial charge in [-0.2, -0.15) is 0 Å². The van der Waals surface area contributed by atoms with Crippen molar-refractivity contribution in [1.29, 1.82) is 0 Å². The monoisotopic (exact) mass is 272 g/mol. The van der Waals surface area contributed by atoms with E-state index >= 15 is 0 Å². The van der Waals surface area contributed by atoms with Crippen molar-refractivity contribution in [2.75, 3.05) is 32.7 Å². The van der Waals surface area contributed by atoms with Gasteiger partial charge in [-0.3, -0.25) is 0 Å². The Kier molecular flexibility index (Phi) is 4.66. The molecule has 108 valence electrons. The highest BCUT2D eigenvalue weighted by Gasteiger charge is 2.08. The second-order valence-corrected chi connectivity index (χ2v) is 5.58. The summed E-state index contributed by atoms with van der Waals surface area (Å²) in [6, 6.07) is 8.31. The van der Waals surface area contributed by atoms with Crippen LogP contribution in [0.5, 0.6) is 0 Å². The van der Waals surface area contributed by atoms with Crippen LogP contribution < -0.4 is 5.32 Å². The van der Waals surface area contributed by atoms with Crippen LogP contribution in [0.2, 0.25) is 0 Å². The number of likely N-dealkylation sites (tertiary alicyclic amines) is 1. The highest BCUT2D eigenvalue weighted by atomic mass is 15.1. The second kappa shape index (κ2) is 6.86. The molecule has 1 aromatic carbocycles. The van der Waals surface area contributed by atoms with Gasteiger partial charge < -0.3 is 14.8 Å². The van der Waals surface area contributed by atoms with Crippen molar-refractivity contribution in [2.24, 2.45) is 0 Å². The van der Waals surface area contributed by atoms with Gasteiger partial charge in [-0.05, 0) is 38.1 Å². The van der Waals surface area contributed by atoms with E-state index in [1.807, 2.05) is 12.4 Å². The molecular weight excluding hydrogens is 248 g/mol. The van der Waals surface area contributed by atoms with E-state index in [0.717, 1.165) is 25.2 Å². The molecule has 0 amide bonds. The maximum absolute atomic E-state index is 4.42.